The number of amides is 2. The monoisotopic (exact) mass is 547 g/mol. The molecule has 7 nitrogen and oxygen atoms in total. The quantitative estimate of drug-likeness (QED) is 0.485. The van der Waals surface area contributed by atoms with Gasteiger partial charge < -0.3 is 10.2 Å². The molecule has 0 unspecified atom stereocenters. The highest BCUT2D eigenvalue weighted by Crippen LogP contribution is 2.26. The van der Waals surface area contributed by atoms with E-state index in [1.807, 2.05) is 12.1 Å². The molecule has 2 aromatic carbocycles. The van der Waals surface area contributed by atoms with Crippen molar-refractivity contribution in [2.24, 2.45) is 0 Å². The van der Waals surface area contributed by atoms with E-state index in [1.54, 1.807) is 43.3 Å². The molecule has 2 aromatic rings. The molecule has 3 rings (SSSR count). The zero-order valence-corrected chi connectivity index (χ0v) is 23.9. The second-order valence-electron chi connectivity index (χ2n) is 10.9. The third-order valence-electron chi connectivity index (χ3n) is 6.84. The van der Waals surface area contributed by atoms with E-state index in [9.17, 15) is 18.0 Å². The summed E-state index contributed by atoms with van der Waals surface area (Å²) in [6.45, 7) is 7.64. The Hall–Kier alpha value is -2.58. The molecule has 0 spiro atoms. The van der Waals surface area contributed by atoms with Crippen LogP contribution in [0.3, 0.4) is 0 Å². The predicted octanol–water partition coefficient (Wildman–Crippen LogP) is 4.88. The lowest BCUT2D eigenvalue weighted by molar-refractivity contribution is -0.139. The zero-order chi connectivity index (χ0) is 27.4. The molecule has 1 aliphatic carbocycles. The van der Waals surface area contributed by atoms with Crippen LogP contribution < -0.4 is 9.62 Å². The van der Waals surface area contributed by atoms with Crippen LogP contribution in [-0.2, 0) is 31.6 Å². The molecule has 0 aromatic heterocycles. The van der Waals surface area contributed by atoms with Gasteiger partial charge in [-0.2, -0.15) is 0 Å². The average Bonchev–Trinajstić information content (AvgIpc) is 3.33. The Labute approximate surface area is 226 Å². The Balaban J connectivity index is 1.87. The summed E-state index contributed by atoms with van der Waals surface area (Å²) >= 11 is 6.03. The Kier molecular flexibility index (Phi) is 9.29. The number of nitrogens with zero attached hydrogens (tertiary/aromatic N) is 2. The first kappa shape index (κ1) is 29.0. The van der Waals surface area contributed by atoms with Crippen LogP contribution in [0.15, 0.2) is 48.5 Å². The minimum absolute atomic E-state index is 0.0955. The maximum Gasteiger partial charge on any atom is 0.244 e. The van der Waals surface area contributed by atoms with Gasteiger partial charge in [0.15, 0.2) is 0 Å². The maximum atomic E-state index is 13.7. The highest BCUT2D eigenvalue weighted by Gasteiger charge is 2.31. The zero-order valence-electron chi connectivity index (χ0n) is 22.3. The van der Waals surface area contributed by atoms with Crippen molar-refractivity contribution >= 4 is 39.1 Å². The molecule has 1 N–H and O–H groups in total. The number of benzene rings is 2. The Bertz CT molecular complexity index is 1190. The highest BCUT2D eigenvalue weighted by atomic mass is 35.5. The van der Waals surface area contributed by atoms with Crippen molar-refractivity contribution in [1.82, 2.24) is 10.2 Å². The van der Waals surface area contributed by atoms with E-state index in [0.29, 0.717) is 10.7 Å². The molecule has 1 saturated carbocycles. The number of halogens is 1. The fraction of sp³-hybridized carbons (Fsp3) is 0.500. The van der Waals surface area contributed by atoms with Crippen LogP contribution >= 0.6 is 11.6 Å². The molecule has 0 bridgehead atoms. The van der Waals surface area contributed by atoms with Gasteiger partial charge in [0, 0.05) is 17.6 Å². The number of sulfonamides is 1. The van der Waals surface area contributed by atoms with E-state index in [1.165, 1.54) is 4.90 Å². The van der Waals surface area contributed by atoms with Crippen LogP contribution in [0, 0.1) is 0 Å². The molecule has 0 saturated heterocycles. The molecule has 0 radical (unpaired) electrons. The molecule has 1 aliphatic rings. The molecule has 9 heteroatoms. The van der Waals surface area contributed by atoms with Gasteiger partial charge in [0.25, 0.3) is 0 Å². The van der Waals surface area contributed by atoms with Crippen LogP contribution in [-0.4, -0.2) is 50.0 Å². The molecule has 2 amide bonds. The topological polar surface area (TPSA) is 86.8 Å². The van der Waals surface area contributed by atoms with E-state index in [2.05, 4.69) is 26.1 Å². The number of hydrogen-bond acceptors (Lipinski definition) is 4. The van der Waals surface area contributed by atoms with E-state index in [4.69, 9.17) is 11.6 Å². The molecular weight excluding hydrogens is 510 g/mol. The Morgan fingerprint density at radius 3 is 2.11 bits per heavy atom. The standard InChI is InChI=1S/C28H38ClN3O4S/c1-20(27(34)30-24-8-6-7-9-24)31(18-21-10-14-23(29)15-11-21)26(33)19-32(37(5,35)36)25-16-12-22(13-17-25)28(2,3)4/h10-17,20,24H,6-9,18-19H2,1-5H3,(H,30,34)/t20-/m0/s1. The van der Waals surface area contributed by atoms with Crippen molar-refractivity contribution < 1.29 is 18.0 Å². The van der Waals surface area contributed by atoms with Crippen molar-refractivity contribution in [3.8, 4) is 0 Å². The lowest BCUT2D eigenvalue weighted by atomic mass is 9.87. The van der Waals surface area contributed by atoms with Gasteiger partial charge in [0.05, 0.1) is 11.9 Å². The predicted molar refractivity (Wildman–Crippen MR) is 149 cm³/mol. The number of anilines is 1. The number of nitrogens with one attached hydrogen (secondary N) is 1. The van der Waals surface area contributed by atoms with Gasteiger partial charge >= 0.3 is 0 Å². The van der Waals surface area contributed by atoms with Crippen LogP contribution in [0.4, 0.5) is 5.69 Å². The summed E-state index contributed by atoms with van der Waals surface area (Å²) in [6.07, 6.45) is 5.08. The van der Waals surface area contributed by atoms with Crippen LogP contribution in [0.2, 0.25) is 5.02 Å². The summed E-state index contributed by atoms with van der Waals surface area (Å²) in [5.74, 6) is -0.705. The minimum atomic E-state index is -3.77. The Morgan fingerprint density at radius 2 is 1.59 bits per heavy atom. The van der Waals surface area contributed by atoms with Crippen LogP contribution in [0.5, 0.6) is 0 Å². The molecule has 1 fully saturated rings. The van der Waals surface area contributed by atoms with Crippen molar-refractivity contribution in [2.45, 2.75) is 77.4 Å². The second kappa shape index (κ2) is 11.9. The normalized spacial score (nSPS) is 15.3. The van der Waals surface area contributed by atoms with Crippen LogP contribution in [0.1, 0.15) is 64.5 Å². The van der Waals surface area contributed by atoms with Gasteiger partial charge in [-0.1, -0.05) is 69.5 Å². The van der Waals surface area contributed by atoms with E-state index >= 15 is 0 Å². The van der Waals surface area contributed by atoms with Crippen molar-refractivity contribution in [3.05, 3.63) is 64.7 Å². The van der Waals surface area contributed by atoms with Crippen LogP contribution in [0.25, 0.3) is 0 Å². The molecular formula is C28H38ClN3O4S. The molecule has 1 atom stereocenters. The number of rotatable bonds is 9. The Morgan fingerprint density at radius 1 is 1.03 bits per heavy atom. The molecule has 0 heterocycles. The van der Waals surface area contributed by atoms with Gasteiger partial charge in [-0.25, -0.2) is 8.42 Å². The summed E-state index contributed by atoms with van der Waals surface area (Å²) < 4.78 is 26.6. The summed E-state index contributed by atoms with van der Waals surface area (Å²) in [4.78, 5) is 28.2. The first-order valence-corrected chi connectivity index (χ1v) is 14.9. The van der Waals surface area contributed by atoms with Gasteiger partial charge in [-0.3, -0.25) is 13.9 Å². The molecule has 0 aliphatic heterocycles. The third kappa shape index (κ3) is 7.95. The van der Waals surface area contributed by atoms with Gasteiger partial charge in [0.2, 0.25) is 21.8 Å². The maximum absolute atomic E-state index is 13.7. The van der Waals surface area contributed by atoms with E-state index in [-0.39, 0.29) is 23.9 Å². The molecule has 202 valence electrons. The fourth-order valence-electron chi connectivity index (χ4n) is 4.50. The summed E-state index contributed by atoms with van der Waals surface area (Å²) in [6, 6.07) is 13.5. The number of hydrogen-bond donors (Lipinski definition) is 1. The van der Waals surface area contributed by atoms with E-state index < -0.39 is 28.5 Å². The highest BCUT2D eigenvalue weighted by molar-refractivity contribution is 7.92. The minimum Gasteiger partial charge on any atom is -0.352 e. The van der Waals surface area contributed by atoms with Crippen molar-refractivity contribution in [2.75, 3.05) is 17.1 Å². The van der Waals surface area contributed by atoms with Crippen molar-refractivity contribution in [3.63, 3.8) is 0 Å². The van der Waals surface area contributed by atoms with Gasteiger partial charge in [0.1, 0.15) is 12.6 Å². The first-order chi connectivity index (χ1) is 17.3. The largest absolute Gasteiger partial charge is 0.352 e. The van der Waals surface area contributed by atoms with Crippen molar-refractivity contribution in [1.29, 1.82) is 0 Å². The SMILES string of the molecule is C[C@@H](C(=O)NC1CCCC1)N(Cc1ccc(Cl)cc1)C(=O)CN(c1ccc(C(C)(C)C)cc1)S(C)(=O)=O. The smallest absolute Gasteiger partial charge is 0.244 e. The van der Waals surface area contributed by atoms with E-state index in [0.717, 1.165) is 47.4 Å². The third-order valence-corrected chi connectivity index (χ3v) is 8.23. The lowest BCUT2D eigenvalue weighted by Gasteiger charge is -2.32. The second-order valence-corrected chi connectivity index (χ2v) is 13.2. The summed E-state index contributed by atoms with van der Waals surface area (Å²) in [5.41, 5.74) is 2.15. The summed E-state index contributed by atoms with van der Waals surface area (Å²) in [7, 11) is -3.77. The van der Waals surface area contributed by atoms with Gasteiger partial charge in [-0.05, 0) is 60.6 Å². The summed E-state index contributed by atoms with van der Waals surface area (Å²) in [5, 5.41) is 3.62. The van der Waals surface area contributed by atoms with Gasteiger partial charge in [-0.15, -0.1) is 0 Å². The first-order valence-electron chi connectivity index (χ1n) is 12.7. The number of carbonyl (C=O) groups is 2. The molecule has 37 heavy (non-hydrogen) atoms. The lowest BCUT2D eigenvalue weighted by Crippen LogP contribution is -2.52. The fourth-order valence-corrected chi connectivity index (χ4v) is 5.48. The number of carbonyl (C=O) groups excluding carboxylic acids is 2. The average molecular weight is 548 g/mol.